The number of nitrogens with zero attached hydrogens (tertiary/aromatic N) is 4. The van der Waals surface area contributed by atoms with E-state index >= 15 is 0 Å². The molecule has 0 atom stereocenters. The van der Waals surface area contributed by atoms with Crippen LogP contribution >= 0.6 is 23.4 Å². The Hall–Kier alpha value is -3.30. The average Bonchev–Trinajstić information content (AvgIpc) is 3.22. The Morgan fingerprint density at radius 1 is 1.12 bits per heavy atom. The number of halogens is 1. The van der Waals surface area contributed by atoms with E-state index in [1.54, 1.807) is 16.7 Å². The lowest BCUT2D eigenvalue weighted by atomic mass is 10.1. The maximum atomic E-state index is 13.1. The van der Waals surface area contributed by atoms with E-state index in [0.717, 1.165) is 18.4 Å². The molecule has 0 fully saturated rings. The highest BCUT2D eigenvalue weighted by Gasteiger charge is 2.17. The maximum Gasteiger partial charge on any atom is 0.336 e. The number of phenols is 1. The van der Waals surface area contributed by atoms with Gasteiger partial charge in [-0.15, -0.1) is 10.2 Å². The van der Waals surface area contributed by atoms with Gasteiger partial charge < -0.3 is 9.52 Å². The van der Waals surface area contributed by atoms with Crippen LogP contribution in [0.5, 0.6) is 5.75 Å². The first kappa shape index (κ1) is 21.5. The Labute approximate surface area is 196 Å². The third-order valence-electron chi connectivity index (χ3n) is 5.47. The predicted molar refractivity (Wildman–Crippen MR) is 128 cm³/mol. The summed E-state index contributed by atoms with van der Waals surface area (Å²) < 4.78 is 8.76. The molecule has 0 aliphatic rings. The highest BCUT2D eigenvalue weighted by Crippen LogP contribution is 2.32. The summed E-state index contributed by atoms with van der Waals surface area (Å²) in [4.78, 5) is 25.1. The number of rotatable bonds is 6. The van der Waals surface area contributed by atoms with Gasteiger partial charge in [-0.25, -0.2) is 4.79 Å². The van der Waals surface area contributed by atoms with E-state index in [1.807, 2.05) is 22.6 Å². The molecule has 8 nitrogen and oxygen atoms in total. The summed E-state index contributed by atoms with van der Waals surface area (Å²) in [5.41, 5.74) is 1.06. The monoisotopic (exact) mass is 482 g/mol. The van der Waals surface area contributed by atoms with Crippen LogP contribution in [0, 0.1) is 0 Å². The quantitative estimate of drug-likeness (QED) is 0.278. The molecule has 0 saturated heterocycles. The van der Waals surface area contributed by atoms with Gasteiger partial charge in [0.15, 0.2) is 5.16 Å². The first-order valence-corrected chi connectivity index (χ1v) is 11.8. The van der Waals surface area contributed by atoms with Gasteiger partial charge in [-0.05, 0) is 30.2 Å². The fourth-order valence-electron chi connectivity index (χ4n) is 3.84. The zero-order valence-corrected chi connectivity index (χ0v) is 19.2. The number of phenolic OH excluding ortho intramolecular Hbond substituents is 1. The summed E-state index contributed by atoms with van der Waals surface area (Å²) in [5.74, 6) is 0.712. The van der Waals surface area contributed by atoms with E-state index in [2.05, 4.69) is 17.1 Å². The van der Waals surface area contributed by atoms with Crippen molar-refractivity contribution >= 4 is 51.0 Å². The van der Waals surface area contributed by atoms with Crippen molar-refractivity contribution in [2.45, 2.75) is 37.2 Å². The number of hydrogen-bond acceptors (Lipinski definition) is 7. The third kappa shape index (κ3) is 3.77. The minimum Gasteiger partial charge on any atom is -0.506 e. The number of fused-ring (bicyclic) bond motifs is 4. The van der Waals surface area contributed by atoms with Crippen LogP contribution in [0.3, 0.4) is 0 Å². The smallest absolute Gasteiger partial charge is 0.336 e. The van der Waals surface area contributed by atoms with Crippen LogP contribution in [-0.4, -0.2) is 24.3 Å². The molecule has 0 aliphatic heterocycles. The van der Waals surface area contributed by atoms with E-state index in [1.165, 1.54) is 23.9 Å². The third-order valence-corrected chi connectivity index (χ3v) is 6.75. The van der Waals surface area contributed by atoms with Crippen LogP contribution in [0.25, 0.3) is 27.6 Å². The van der Waals surface area contributed by atoms with Crippen LogP contribution in [0.1, 0.15) is 25.3 Å². The van der Waals surface area contributed by atoms with Crippen molar-refractivity contribution in [3.05, 3.63) is 73.8 Å². The van der Waals surface area contributed by atoms with E-state index in [9.17, 15) is 14.7 Å². The normalized spacial score (nSPS) is 11.7. The summed E-state index contributed by atoms with van der Waals surface area (Å²) in [6.07, 6.45) is 1.80. The maximum absolute atomic E-state index is 13.1. The number of hydrogen-bond donors (Lipinski definition) is 1. The molecule has 0 spiro atoms. The van der Waals surface area contributed by atoms with Crippen molar-refractivity contribution in [1.82, 2.24) is 19.2 Å². The Balaban J connectivity index is 1.63. The number of aromatic nitrogens is 4. The summed E-state index contributed by atoms with van der Waals surface area (Å²) in [5, 5.41) is 20.5. The summed E-state index contributed by atoms with van der Waals surface area (Å²) >= 11 is 7.47. The molecular formula is C23H19ClN4O4S. The lowest BCUT2D eigenvalue weighted by molar-refractivity contribution is 0.473. The average molecular weight is 483 g/mol. The standard InChI is InChI=1S/C23H19ClN4O4S/c1-2-3-8-27-21(31)14-6-4-5-7-17(14)28-22(27)25-26-23(28)33-12-13-9-20(30)32-19-11-18(29)16(24)10-15(13)19/h4-7,9-11,29H,2-3,8,12H2,1H3. The molecule has 3 aromatic heterocycles. The second-order valence-corrected chi connectivity index (χ2v) is 8.97. The van der Waals surface area contributed by atoms with Crippen LogP contribution in [0.2, 0.25) is 5.02 Å². The van der Waals surface area contributed by atoms with Gasteiger partial charge in [0.05, 0.1) is 15.9 Å². The molecule has 0 amide bonds. The molecule has 33 heavy (non-hydrogen) atoms. The van der Waals surface area contributed by atoms with Crippen molar-refractivity contribution in [3.8, 4) is 5.75 Å². The van der Waals surface area contributed by atoms with E-state index < -0.39 is 5.63 Å². The van der Waals surface area contributed by atoms with Crippen LogP contribution < -0.4 is 11.2 Å². The molecule has 1 N–H and O–H groups in total. The minimum absolute atomic E-state index is 0.0865. The zero-order valence-electron chi connectivity index (χ0n) is 17.6. The number of benzene rings is 2. The number of aromatic hydroxyl groups is 1. The first-order valence-electron chi connectivity index (χ1n) is 10.4. The molecule has 0 aliphatic carbocycles. The Morgan fingerprint density at radius 3 is 2.76 bits per heavy atom. The second-order valence-electron chi connectivity index (χ2n) is 7.62. The topological polar surface area (TPSA) is 103 Å². The fraction of sp³-hybridized carbons (Fsp3) is 0.217. The van der Waals surface area contributed by atoms with Gasteiger partial charge in [0.2, 0.25) is 5.78 Å². The Kier molecular flexibility index (Phi) is 5.59. The fourth-order valence-corrected chi connectivity index (χ4v) is 4.94. The molecule has 0 unspecified atom stereocenters. The SMILES string of the molecule is CCCCn1c(=O)c2ccccc2n2c(SCc3cc(=O)oc4cc(O)c(Cl)cc34)nnc12. The second kappa shape index (κ2) is 8.57. The molecule has 0 saturated carbocycles. The van der Waals surface area contributed by atoms with E-state index in [4.69, 9.17) is 16.0 Å². The molecule has 0 radical (unpaired) electrons. The lowest BCUT2D eigenvalue weighted by Crippen LogP contribution is -2.23. The van der Waals surface area contributed by atoms with Crippen molar-refractivity contribution in [1.29, 1.82) is 0 Å². The van der Waals surface area contributed by atoms with E-state index in [0.29, 0.717) is 39.6 Å². The molecule has 3 heterocycles. The molecule has 10 heteroatoms. The summed E-state index contributed by atoms with van der Waals surface area (Å²) in [6.45, 7) is 2.62. The van der Waals surface area contributed by atoms with E-state index in [-0.39, 0.29) is 21.9 Å². The highest BCUT2D eigenvalue weighted by atomic mass is 35.5. The molecular weight excluding hydrogens is 464 g/mol. The van der Waals surface area contributed by atoms with Crippen LogP contribution in [-0.2, 0) is 12.3 Å². The summed E-state index contributed by atoms with van der Waals surface area (Å²) in [6, 6.07) is 11.7. The molecule has 2 aromatic carbocycles. The Morgan fingerprint density at radius 2 is 1.94 bits per heavy atom. The van der Waals surface area contributed by atoms with Crippen LogP contribution in [0.4, 0.5) is 0 Å². The number of para-hydroxylation sites is 1. The number of aryl methyl sites for hydroxylation is 1. The highest BCUT2D eigenvalue weighted by molar-refractivity contribution is 7.98. The van der Waals surface area contributed by atoms with Gasteiger partial charge in [-0.3, -0.25) is 13.8 Å². The van der Waals surface area contributed by atoms with Gasteiger partial charge in [0.1, 0.15) is 11.3 Å². The first-order chi connectivity index (χ1) is 16.0. The van der Waals surface area contributed by atoms with Crippen molar-refractivity contribution < 1.29 is 9.52 Å². The van der Waals surface area contributed by atoms with Gasteiger partial charge >= 0.3 is 5.63 Å². The van der Waals surface area contributed by atoms with Crippen molar-refractivity contribution in [2.75, 3.05) is 0 Å². The predicted octanol–water partition coefficient (Wildman–Crippen LogP) is 4.60. The molecule has 5 rings (SSSR count). The van der Waals surface area contributed by atoms with Crippen LogP contribution in [0.15, 0.2) is 61.6 Å². The van der Waals surface area contributed by atoms with Gasteiger partial charge in [0.25, 0.3) is 5.56 Å². The van der Waals surface area contributed by atoms with Gasteiger partial charge in [-0.1, -0.05) is 48.8 Å². The molecule has 5 aromatic rings. The number of thioether (sulfide) groups is 1. The largest absolute Gasteiger partial charge is 0.506 e. The zero-order chi connectivity index (χ0) is 23.1. The minimum atomic E-state index is -0.523. The van der Waals surface area contributed by atoms with Gasteiger partial charge in [0, 0.05) is 29.8 Å². The van der Waals surface area contributed by atoms with Gasteiger partial charge in [-0.2, -0.15) is 0 Å². The number of unbranched alkanes of at least 4 members (excludes halogenated alkanes) is 1. The molecule has 168 valence electrons. The Bertz CT molecular complexity index is 1640. The lowest BCUT2D eigenvalue weighted by Gasteiger charge is -2.11. The van der Waals surface area contributed by atoms with Crippen molar-refractivity contribution in [2.24, 2.45) is 0 Å². The molecule has 0 bridgehead atoms. The summed E-state index contributed by atoms with van der Waals surface area (Å²) in [7, 11) is 0. The van der Waals surface area contributed by atoms with Crippen molar-refractivity contribution in [3.63, 3.8) is 0 Å².